The Bertz CT molecular complexity index is 780. The van der Waals surface area contributed by atoms with Crippen LogP contribution in [0.25, 0.3) is 0 Å². The molecule has 2 aromatic rings. The van der Waals surface area contributed by atoms with Gasteiger partial charge in [-0.3, -0.25) is 4.79 Å². The third kappa shape index (κ3) is 4.12. The van der Waals surface area contributed by atoms with Crippen molar-refractivity contribution in [1.29, 1.82) is 0 Å². The maximum Gasteiger partial charge on any atom is 0.416 e. The van der Waals surface area contributed by atoms with Crippen molar-refractivity contribution in [3.8, 4) is 0 Å². The fourth-order valence-corrected chi connectivity index (χ4v) is 3.12. The van der Waals surface area contributed by atoms with E-state index in [1.54, 1.807) is 12.3 Å². The first-order chi connectivity index (χ1) is 12.3. The summed E-state index contributed by atoms with van der Waals surface area (Å²) in [4.78, 5) is 22.6. The normalized spacial score (nSPS) is 17.8. The zero-order valence-electron chi connectivity index (χ0n) is 14.3. The van der Waals surface area contributed by atoms with Gasteiger partial charge in [-0.15, -0.1) is 0 Å². The van der Waals surface area contributed by atoms with E-state index in [-0.39, 0.29) is 23.1 Å². The Hall–Kier alpha value is -2.64. The van der Waals surface area contributed by atoms with Gasteiger partial charge in [0, 0.05) is 25.0 Å². The van der Waals surface area contributed by atoms with E-state index in [9.17, 15) is 18.0 Å². The Kier molecular flexibility index (Phi) is 5.11. The van der Waals surface area contributed by atoms with Gasteiger partial charge in [0.2, 0.25) is 5.91 Å². The largest absolute Gasteiger partial charge is 0.416 e. The lowest BCUT2D eigenvalue weighted by atomic mass is 9.97. The molecule has 1 amide bonds. The van der Waals surface area contributed by atoms with Gasteiger partial charge >= 0.3 is 6.18 Å². The number of nitrogens with one attached hydrogen (secondary N) is 1. The molecule has 1 atom stereocenters. The summed E-state index contributed by atoms with van der Waals surface area (Å²) >= 11 is 0. The zero-order valence-corrected chi connectivity index (χ0v) is 14.3. The van der Waals surface area contributed by atoms with E-state index < -0.39 is 11.7 Å². The summed E-state index contributed by atoms with van der Waals surface area (Å²) in [5.74, 6) is 0.155. The van der Waals surface area contributed by atoms with Crippen molar-refractivity contribution in [1.82, 2.24) is 9.97 Å². The number of rotatable bonds is 3. The number of hydrogen-bond donors (Lipinski definition) is 1. The Morgan fingerprint density at radius 2 is 2.12 bits per heavy atom. The Balaban J connectivity index is 1.70. The van der Waals surface area contributed by atoms with Gasteiger partial charge in [0.1, 0.15) is 12.1 Å². The number of alkyl halides is 3. The summed E-state index contributed by atoms with van der Waals surface area (Å²) in [6.45, 7) is 2.65. The van der Waals surface area contributed by atoms with Crippen LogP contribution in [0.1, 0.15) is 24.0 Å². The van der Waals surface area contributed by atoms with Gasteiger partial charge < -0.3 is 10.2 Å². The molecule has 2 heterocycles. The van der Waals surface area contributed by atoms with Gasteiger partial charge in [0.05, 0.1) is 11.5 Å². The van der Waals surface area contributed by atoms with E-state index in [2.05, 4.69) is 15.3 Å². The molecule has 1 aromatic heterocycles. The third-order valence-electron chi connectivity index (χ3n) is 4.49. The van der Waals surface area contributed by atoms with Crippen molar-refractivity contribution in [3.05, 3.63) is 47.9 Å². The number of nitrogens with zero attached hydrogens (tertiary/aromatic N) is 3. The molecular formula is C18H19F3N4O. The molecule has 1 unspecified atom stereocenters. The lowest BCUT2D eigenvalue weighted by molar-refractivity contribution is -0.138. The van der Waals surface area contributed by atoms with E-state index in [1.165, 1.54) is 25.4 Å². The molecule has 1 saturated heterocycles. The van der Waals surface area contributed by atoms with Crippen molar-refractivity contribution in [2.75, 3.05) is 23.3 Å². The second-order valence-electron chi connectivity index (χ2n) is 6.37. The molecule has 3 rings (SSSR count). The van der Waals surface area contributed by atoms with Crippen LogP contribution in [-0.2, 0) is 11.0 Å². The predicted octanol–water partition coefficient (Wildman–Crippen LogP) is 3.66. The number of amides is 1. The molecule has 1 aliphatic heterocycles. The molecule has 1 N–H and O–H groups in total. The first-order valence-corrected chi connectivity index (χ1v) is 8.34. The summed E-state index contributed by atoms with van der Waals surface area (Å²) in [6, 6.07) is 5.62. The minimum Gasteiger partial charge on any atom is -0.356 e. The molecule has 0 radical (unpaired) electrons. The van der Waals surface area contributed by atoms with E-state index in [0.717, 1.165) is 24.8 Å². The van der Waals surface area contributed by atoms with Crippen LogP contribution < -0.4 is 10.2 Å². The number of hydrogen-bond acceptors (Lipinski definition) is 4. The standard InChI is InChI=1S/C18H19F3N4O/c1-12-4-5-14(9-15(12)18(19,20)21)24-17(26)13-3-2-8-25(10-13)16-6-7-22-11-23-16/h4-7,9,11,13H,2-3,8,10H2,1H3,(H,24,26). The molecule has 1 fully saturated rings. The van der Waals surface area contributed by atoms with Gasteiger partial charge in [-0.05, 0) is 43.5 Å². The second kappa shape index (κ2) is 7.31. The SMILES string of the molecule is Cc1ccc(NC(=O)C2CCCN(c3ccncn3)C2)cc1C(F)(F)F. The maximum atomic E-state index is 13.0. The molecule has 5 nitrogen and oxygen atoms in total. The Labute approximate surface area is 149 Å². The topological polar surface area (TPSA) is 58.1 Å². The number of benzene rings is 1. The minimum atomic E-state index is -4.44. The van der Waals surface area contributed by atoms with Gasteiger partial charge in [0.25, 0.3) is 0 Å². The molecule has 8 heteroatoms. The molecular weight excluding hydrogens is 345 g/mol. The quantitative estimate of drug-likeness (QED) is 0.903. The van der Waals surface area contributed by atoms with Gasteiger partial charge in [-0.1, -0.05) is 6.07 Å². The fourth-order valence-electron chi connectivity index (χ4n) is 3.12. The first-order valence-electron chi connectivity index (χ1n) is 8.34. The molecule has 138 valence electrons. The number of carbonyl (C=O) groups is 1. The van der Waals surface area contributed by atoms with E-state index in [0.29, 0.717) is 13.0 Å². The van der Waals surface area contributed by atoms with Crippen LogP contribution in [0, 0.1) is 12.8 Å². The maximum absolute atomic E-state index is 13.0. The van der Waals surface area contributed by atoms with E-state index in [1.807, 2.05) is 4.90 Å². The summed E-state index contributed by atoms with van der Waals surface area (Å²) in [7, 11) is 0. The highest BCUT2D eigenvalue weighted by Gasteiger charge is 2.33. The van der Waals surface area contributed by atoms with Crippen molar-refractivity contribution in [3.63, 3.8) is 0 Å². The minimum absolute atomic E-state index is 0.128. The van der Waals surface area contributed by atoms with Gasteiger partial charge in [-0.25, -0.2) is 9.97 Å². The summed E-state index contributed by atoms with van der Waals surface area (Å²) in [5.41, 5.74) is -0.447. The van der Waals surface area contributed by atoms with Crippen LogP contribution in [0.15, 0.2) is 36.8 Å². The first kappa shape index (κ1) is 18.2. The highest BCUT2D eigenvalue weighted by Crippen LogP contribution is 2.33. The average Bonchev–Trinajstić information content (AvgIpc) is 2.63. The Morgan fingerprint density at radius 3 is 2.81 bits per heavy atom. The smallest absolute Gasteiger partial charge is 0.356 e. The molecule has 1 aliphatic rings. The van der Waals surface area contributed by atoms with Crippen molar-refractivity contribution >= 4 is 17.4 Å². The third-order valence-corrected chi connectivity index (χ3v) is 4.49. The molecule has 1 aromatic carbocycles. The number of anilines is 2. The van der Waals surface area contributed by atoms with Crippen LogP contribution in [0.4, 0.5) is 24.7 Å². The highest BCUT2D eigenvalue weighted by atomic mass is 19.4. The lowest BCUT2D eigenvalue weighted by Crippen LogP contribution is -2.41. The van der Waals surface area contributed by atoms with Gasteiger partial charge in [-0.2, -0.15) is 13.2 Å². The van der Waals surface area contributed by atoms with E-state index in [4.69, 9.17) is 0 Å². The number of piperidine rings is 1. The lowest BCUT2D eigenvalue weighted by Gasteiger charge is -2.32. The fraction of sp³-hybridized carbons (Fsp3) is 0.389. The number of aromatic nitrogens is 2. The average molecular weight is 364 g/mol. The zero-order chi connectivity index (χ0) is 18.7. The second-order valence-corrected chi connectivity index (χ2v) is 6.37. The number of halogens is 3. The molecule has 0 bridgehead atoms. The summed E-state index contributed by atoms with van der Waals surface area (Å²) in [6.07, 6.45) is 0.135. The predicted molar refractivity (Wildman–Crippen MR) is 91.8 cm³/mol. The van der Waals surface area contributed by atoms with Crippen LogP contribution in [0.2, 0.25) is 0 Å². The van der Waals surface area contributed by atoms with Crippen LogP contribution in [-0.4, -0.2) is 29.0 Å². The highest BCUT2D eigenvalue weighted by molar-refractivity contribution is 5.93. The molecule has 26 heavy (non-hydrogen) atoms. The summed E-state index contributed by atoms with van der Waals surface area (Å²) in [5, 5.41) is 2.63. The van der Waals surface area contributed by atoms with Crippen LogP contribution in [0.5, 0.6) is 0 Å². The van der Waals surface area contributed by atoms with Crippen molar-refractivity contribution < 1.29 is 18.0 Å². The molecule has 0 aliphatic carbocycles. The summed E-state index contributed by atoms with van der Waals surface area (Å²) < 4.78 is 39.1. The van der Waals surface area contributed by atoms with Crippen molar-refractivity contribution in [2.45, 2.75) is 25.9 Å². The molecule has 0 spiro atoms. The van der Waals surface area contributed by atoms with Crippen LogP contribution >= 0.6 is 0 Å². The van der Waals surface area contributed by atoms with Crippen molar-refractivity contribution in [2.24, 2.45) is 5.92 Å². The van der Waals surface area contributed by atoms with Crippen LogP contribution in [0.3, 0.4) is 0 Å². The Morgan fingerprint density at radius 1 is 1.31 bits per heavy atom. The number of aryl methyl sites for hydroxylation is 1. The van der Waals surface area contributed by atoms with E-state index >= 15 is 0 Å². The van der Waals surface area contributed by atoms with Gasteiger partial charge in [0.15, 0.2) is 0 Å². The monoisotopic (exact) mass is 364 g/mol. The molecule has 0 saturated carbocycles. The number of carbonyl (C=O) groups excluding carboxylic acids is 1.